The van der Waals surface area contributed by atoms with Gasteiger partial charge in [-0.1, -0.05) is 20.3 Å². The number of anilines is 2. The molecule has 1 unspecified atom stereocenters. The molecule has 5 heteroatoms. The summed E-state index contributed by atoms with van der Waals surface area (Å²) >= 11 is 1.92. The smallest absolute Gasteiger partial charge is 0.224 e. The summed E-state index contributed by atoms with van der Waals surface area (Å²) in [6.45, 7) is 4.46. The van der Waals surface area contributed by atoms with Crippen LogP contribution in [0.1, 0.15) is 33.1 Å². The molecule has 0 aromatic heterocycles. The van der Waals surface area contributed by atoms with Crippen molar-refractivity contribution in [1.82, 2.24) is 0 Å². The Morgan fingerprint density at radius 3 is 2.90 bits per heavy atom. The molecule has 0 spiro atoms. The number of carbonyl (C=O) groups excluding carboxylic acids is 1. The van der Waals surface area contributed by atoms with Gasteiger partial charge in [-0.05, 0) is 42.0 Å². The zero-order chi connectivity index (χ0) is 15.7. The quantitative estimate of drug-likeness (QED) is 0.538. The van der Waals surface area contributed by atoms with Crippen LogP contribution in [0.4, 0.5) is 11.4 Å². The molecule has 0 fully saturated rings. The molecule has 0 aliphatic rings. The van der Waals surface area contributed by atoms with Gasteiger partial charge in [0.25, 0.3) is 0 Å². The van der Waals surface area contributed by atoms with Crippen LogP contribution in [0.25, 0.3) is 0 Å². The van der Waals surface area contributed by atoms with Gasteiger partial charge in [0.15, 0.2) is 0 Å². The van der Waals surface area contributed by atoms with Crippen molar-refractivity contribution in [2.45, 2.75) is 33.1 Å². The van der Waals surface area contributed by atoms with Crippen molar-refractivity contribution < 1.29 is 9.53 Å². The average molecular weight is 310 g/mol. The van der Waals surface area contributed by atoms with E-state index in [2.05, 4.69) is 19.2 Å². The summed E-state index contributed by atoms with van der Waals surface area (Å²) in [6.07, 6.45) is 2.62. The molecule has 4 nitrogen and oxygen atoms in total. The SMILES string of the molecule is CCC(C)CSCCCC(=O)Nc1cc(N)ccc1OC. The number of benzene rings is 1. The molecule has 0 heterocycles. The lowest BCUT2D eigenvalue weighted by Crippen LogP contribution is -2.12. The van der Waals surface area contributed by atoms with Gasteiger partial charge in [0.1, 0.15) is 5.75 Å². The van der Waals surface area contributed by atoms with E-state index in [0.717, 1.165) is 18.1 Å². The monoisotopic (exact) mass is 310 g/mol. The number of nitrogens with two attached hydrogens (primary N) is 1. The third-order valence-corrected chi connectivity index (χ3v) is 4.67. The van der Waals surface area contributed by atoms with Gasteiger partial charge in [-0.25, -0.2) is 0 Å². The molecule has 0 saturated heterocycles. The van der Waals surface area contributed by atoms with Gasteiger partial charge in [0.05, 0.1) is 12.8 Å². The van der Waals surface area contributed by atoms with Crippen LogP contribution in [0.3, 0.4) is 0 Å². The summed E-state index contributed by atoms with van der Waals surface area (Å²) in [5, 5.41) is 2.86. The zero-order valence-corrected chi connectivity index (χ0v) is 14.0. The van der Waals surface area contributed by atoms with Crippen molar-refractivity contribution in [2.75, 3.05) is 29.7 Å². The van der Waals surface area contributed by atoms with E-state index in [4.69, 9.17) is 10.5 Å². The number of amides is 1. The van der Waals surface area contributed by atoms with Crippen molar-refractivity contribution in [3.8, 4) is 5.75 Å². The molecular weight excluding hydrogens is 284 g/mol. The predicted molar refractivity (Wildman–Crippen MR) is 92.1 cm³/mol. The second-order valence-electron chi connectivity index (χ2n) is 5.20. The van der Waals surface area contributed by atoms with Gasteiger partial charge in [0, 0.05) is 12.1 Å². The lowest BCUT2D eigenvalue weighted by Gasteiger charge is -2.11. The Morgan fingerprint density at radius 1 is 1.48 bits per heavy atom. The van der Waals surface area contributed by atoms with Crippen molar-refractivity contribution >= 4 is 29.0 Å². The van der Waals surface area contributed by atoms with Gasteiger partial charge in [-0.15, -0.1) is 0 Å². The number of methoxy groups -OCH3 is 1. The minimum absolute atomic E-state index is 0.00281. The molecule has 1 aromatic rings. The minimum atomic E-state index is 0.00281. The van der Waals surface area contributed by atoms with Crippen LogP contribution in [-0.4, -0.2) is 24.5 Å². The Balaban J connectivity index is 2.32. The first kappa shape index (κ1) is 17.7. The van der Waals surface area contributed by atoms with Crippen LogP contribution < -0.4 is 15.8 Å². The Bertz CT molecular complexity index is 452. The summed E-state index contributed by atoms with van der Waals surface area (Å²) in [5.74, 6) is 3.57. The third kappa shape index (κ3) is 6.76. The van der Waals surface area contributed by atoms with Crippen LogP contribution in [-0.2, 0) is 4.79 Å². The highest BCUT2D eigenvalue weighted by Crippen LogP contribution is 2.26. The normalized spacial score (nSPS) is 12.0. The Labute approximate surface area is 131 Å². The summed E-state index contributed by atoms with van der Waals surface area (Å²) < 4.78 is 5.21. The highest BCUT2D eigenvalue weighted by molar-refractivity contribution is 7.99. The van der Waals surface area contributed by atoms with Crippen LogP contribution >= 0.6 is 11.8 Å². The topological polar surface area (TPSA) is 64.4 Å². The number of hydrogen-bond donors (Lipinski definition) is 2. The molecule has 0 saturated carbocycles. The van der Waals surface area contributed by atoms with Crippen LogP contribution in [0.15, 0.2) is 18.2 Å². The first-order chi connectivity index (χ1) is 10.1. The van der Waals surface area contributed by atoms with Crippen molar-refractivity contribution in [3.63, 3.8) is 0 Å². The molecular formula is C16H26N2O2S. The van der Waals surface area contributed by atoms with E-state index in [1.54, 1.807) is 25.3 Å². The lowest BCUT2D eigenvalue weighted by molar-refractivity contribution is -0.116. The van der Waals surface area contributed by atoms with Gasteiger partial charge in [-0.3, -0.25) is 4.79 Å². The van der Waals surface area contributed by atoms with Gasteiger partial charge in [-0.2, -0.15) is 11.8 Å². The summed E-state index contributed by atoms with van der Waals surface area (Å²) in [4.78, 5) is 11.9. The number of thioether (sulfide) groups is 1. The largest absolute Gasteiger partial charge is 0.495 e. The first-order valence-corrected chi connectivity index (χ1v) is 8.53. The molecule has 1 atom stereocenters. The highest BCUT2D eigenvalue weighted by atomic mass is 32.2. The standard InChI is InChI=1S/C16H26N2O2S/c1-4-12(2)11-21-9-5-6-16(19)18-14-10-13(17)7-8-15(14)20-3/h7-8,10,12H,4-6,9,11,17H2,1-3H3,(H,18,19). The van der Waals surface area contributed by atoms with Gasteiger partial charge >= 0.3 is 0 Å². The molecule has 21 heavy (non-hydrogen) atoms. The maximum Gasteiger partial charge on any atom is 0.224 e. The van der Waals surface area contributed by atoms with Gasteiger partial charge in [0.2, 0.25) is 5.91 Å². The summed E-state index contributed by atoms with van der Waals surface area (Å²) in [7, 11) is 1.58. The van der Waals surface area contributed by atoms with E-state index in [1.807, 2.05) is 11.8 Å². The maximum atomic E-state index is 11.9. The summed E-state index contributed by atoms with van der Waals surface area (Å²) in [5.41, 5.74) is 6.97. The highest BCUT2D eigenvalue weighted by Gasteiger charge is 2.08. The molecule has 1 amide bonds. The third-order valence-electron chi connectivity index (χ3n) is 3.29. The number of ether oxygens (including phenoxy) is 1. The van der Waals surface area contributed by atoms with E-state index < -0.39 is 0 Å². The van der Waals surface area contributed by atoms with Crippen LogP contribution in [0.5, 0.6) is 5.75 Å². The number of nitrogen functional groups attached to an aromatic ring is 1. The van der Waals surface area contributed by atoms with Crippen molar-refractivity contribution in [2.24, 2.45) is 5.92 Å². The van der Waals surface area contributed by atoms with Crippen molar-refractivity contribution in [3.05, 3.63) is 18.2 Å². The minimum Gasteiger partial charge on any atom is -0.495 e. The maximum absolute atomic E-state index is 11.9. The number of hydrogen-bond acceptors (Lipinski definition) is 4. The van der Waals surface area contributed by atoms with Gasteiger partial charge < -0.3 is 15.8 Å². The van der Waals surface area contributed by atoms with E-state index in [0.29, 0.717) is 23.5 Å². The molecule has 1 aromatic carbocycles. The molecule has 1 rings (SSSR count). The predicted octanol–water partition coefficient (Wildman–Crippen LogP) is 3.78. The fourth-order valence-electron chi connectivity index (χ4n) is 1.77. The van der Waals surface area contributed by atoms with E-state index >= 15 is 0 Å². The van der Waals surface area contributed by atoms with E-state index in [9.17, 15) is 4.79 Å². The zero-order valence-electron chi connectivity index (χ0n) is 13.1. The van der Waals surface area contributed by atoms with E-state index in [-0.39, 0.29) is 5.91 Å². The molecule has 3 N–H and O–H groups in total. The molecule has 0 aliphatic heterocycles. The lowest BCUT2D eigenvalue weighted by atomic mass is 10.2. The molecule has 0 radical (unpaired) electrons. The first-order valence-electron chi connectivity index (χ1n) is 7.38. The fraction of sp³-hybridized carbons (Fsp3) is 0.562. The molecule has 118 valence electrons. The second kappa shape index (κ2) is 9.55. The van der Waals surface area contributed by atoms with E-state index in [1.165, 1.54) is 12.2 Å². The Hall–Kier alpha value is -1.36. The van der Waals surface area contributed by atoms with Crippen LogP contribution in [0, 0.1) is 5.92 Å². The molecule has 0 bridgehead atoms. The molecule has 0 aliphatic carbocycles. The Kier molecular flexibility index (Phi) is 8.05. The number of rotatable bonds is 9. The fourth-order valence-corrected chi connectivity index (χ4v) is 2.93. The Morgan fingerprint density at radius 2 is 2.24 bits per heavy atom. The second-order valence-corrected chi connectivity index (χ2v) is 6.35. The number of nitrogens with one attached hydrogen (secondary N) is 1. The number of carbonyl (C=O) groups is 1. The average Bonchev–Trinajstić information content (AvgIpc) is 2.46. The van der Waals surface area contributed by atoms with Crippen LogP contribution in [0.2, 0.25) is 0 Å². The van der Waals surface area contributed by atoms with Crippen molar-refractivity contribution in [1.29, 1.82) is 0 Å². The summed E-state index contributed by atoms with van der Waals surface area (Å²) in [6, 6.07) is 5.22.